The summed E-state index contributed by atoms with van der Waals surface area (Å²) in [5, 5.41) is 26.1. The normalized spacial score (nSPS) is 12.4. The number of aliphatic carboxylic acids is 1. The molecule has 0 fully saturated rings. The Kier molecular flexibility index (Phi) is 4.83. The molecule has 0 aliphatic rings. The number of carboxylic acids is 1. The van der Waals surface area contributed by atoms with Crippen LogP contribution in [0.5, 0.6) is 0 Å². The predicted octanol–water partition coefficient (Wildman–Crippen LogP) is 0.518. The van der Waals surface area contributed by atoms with Crippen molar-refractivity contribution in [3.05, 3.63) is 23.7 Å². The van der Waals surface area contributed by atoms with Crippen molar-refractivity contribution >= 4 is 11.9 Å². The van der Waals surface area contributed by atoms with E-state index in [4.69, 9.17) is 15.3 Å². The fraction of sp³-hybridized carbons (Fsp3) is 0.250. The van der Waals surface area contributed by atoms with Gasteiger partial charge in [0.1, 0.15) is 0 Å². The van der Waals surface area contributed by atoms with Crippen molar-refractivity contribution in [3.63, 3.8) is 0 Å². The van der Waals surface area contributed by atoms with Crippen molar-refractivity contribution in [2.75, 3.05) is 6.61 Å². The van der Waals surface area contributed by atoms with Gasteiger partial charge in [-0.1, -0.05) is 0 Å². The average molecular weight is 202 g/mol. The maximum atomic E-state index is 10.8. The maximum Gasteiger partial charge on any atom is 0.377 e. The third kappa shape index (κ3) is 4.15. The van der Waals surface area contributed by atoms with Crippen molar-refractivity contribution in [1.29, 1.82) is 0 Å². The van der Waals surface area contributed by atoms with Crippen LogP contribution in [0.4, 0.5) is 0 Å². The Morgan fingerprint density at radius 3 is 2.21 bits per heavy atom. The maximum absolute atomic E-state index is 10.8. The second-order valence-corrected chi connectivity index (χ2v) is 2.13. The molecule has 0 saturated heterocycles. The lowest BCUT2D eigenvalue weighted by Gasteiger charge is -2.00. The van der Waals surface area contributed by atoms with Gasteiger partial charge in [0.15, 0.2) is 5.76 Å². The van der Waals surface area contributed by atoms with E-state index in [2.05, 4.69) is 4.74 Å². The Morgan fingerprint density at radius 2 is 1.79 bits per heavy atom. The van der Waals surface area contributed by atoms with Crippen molar-refractivity contribution in [1.82, 2.24) is 0 Å². The number of carboxylic acid groups (broad SMARTS) is 1. The molecule has 0 heterocycles. The van der Waals surface area contributed by atoms with Gasteiger partial charge in [0, 0.05) is 6.08 Å². The van der Waals surface area contributed by atoms with Crippen molar-refractivity contribution < 1.29 is 29.6 Å². The van der Waals surface area contributed by atoms with Crippen molar-refractivity contribution in [2.24, 2.45) is 0 Å². The quantitative estimate of drug-likeness (QED) is 0.265. The summed E-state index contributed by atoms with van der Waals surface area (Å²) in [7, 11) is 0. The number of carbonyl (C=O) groups excluding carboxylic acids is 1. The Balaban J connectivity index is 4.58. The number of hydrogen-bond donors (Lipinski definition) is 3. The summed E-state index contributed by atoms with van der Waals surface area (Å²) in [4.78, 5) is 20.8. The zero-order chi connectivity index (χ0) is 11.1. The van der Waals surface area contributed by atoms with Gasteiger partial charge in [0.2, 0.25) is 5.76 Å². The minimum absolute atomic E-state index is 0.0405. The molecule has 0 atom stereocenters. The molecule has 0 amide bonds. The van der Waals surface area contributed by atoms with E-state index in [0.717, 1.165) is 0 Å². The van der Waals surface area contributed by atoms with Crippen LogP contribution in [0.2, 0.25) is 0 Å². The third-order valence-electron chi connectivity index (χ3n) is 1.10. The summed E-state index contributed by atoms with van der Waals surface area (Å²) < 4.78 is 4.34. The molecular weight excluding hydrogens is 192 g/mol. The van der Waals surface area contributed by atoms with Gasteiger partial charge in [-0.3, -0.25) is 0 Å². The Morgan fingerprint density at radius 1 is 1.21 bits per heavy atom. The van der Waals surface area contributed by atoms with E-state index in [9.17, 15) is 9.59 Å². The Hall–Kier alpha value is -1.98. The van der Waals surface area contributed by atoms with E-state index in [0.29, 0.717) is 12.2 Å². The van der Waals surface area contributed by atoms with Gasteiger partial charge >= 0.3 is 11.9 Å². The number of hydrogen-bond acceptors (Lipinski definition) is 5. The van der Waals surface area contributed by atoms with E-state index in [1.54, 1.807) is 0 Å². The summed E-state index contributed by atoms with van der Waals surface area (Å²) in [6, 6.07) is 0. The second-order valence-electron chi connectivity index (χ2n) is 2.13. The van der Waals surface area contributed by atoms with Gasteiger partial charge in [-0.05, 0) is 13.0 Å². The molecule has 0 aromatic rings. The summed E-state index contributed by atoms with van der Waals surface area (Å²) in [6.07, 6.45) is 1.25. The summed E-state index contributed by atoms with van der Waals surface area (Å²) in [5.41, 5.74) is 0. The van der Waals surface area contributed by atoms with Gasteiger partial charge < -0.3 is 20.1 Å². The van der Waals surface area contributed by atoms with Crippen LogP contribution in [0, 0.1) is 0 Å². The van der Waals surface area contributed by atoms with Crippen molar-refractivity contribution in [3.8, 4) is 0 Å². The number of aliphatic hydroxyl groups excluding tert-OH is 2. The molecule has 14 heavy (non-hydrogen) atoms. The molecule has 78 valence electrons. The first-order valence-electron chi connectivity index (χ1n) is 3.69. The molecule has 0 spiro atoms. The van der Waals surface area contributed by atoms with Gasteiger partial charge in [-0.2, -0.15) is 0 Å². The van der Waals surface area contributed by atoms with Crippen LogP contribution in [-0.2, 0) is 14.3 Å². The van der Waals surface area contributed by atoms with Gasteiger partial charge in [0.25, 0.3) is 0 Å². The zero-order valence-electron chi connectivity index (χ0n) is 7.43. The molecule has 6 heteroatoms. The molecule has 0 aromatic carbocycles. The molecular formula is C8H10O6. The fourth-order valence-electron chi connectivity index (χ4n) is 0.533. The Labute approximate surface area is 79.7 Å². The lowest BCUT2D eigenvalue weighted by atomic mass is 10.3. The molecule has 0 aromatic heterocycles. The van der Waals surface area contributed by atoms with E-state index in [-0.39, 0.29) is 6.61 Å². The topological polar surface area (TPSA) is 104 Å². The number of aliphatic hydroxyl groups is 2. The van der Waals surface area contributed by atoms with Crippen LogP contribution in [0.25, 0.3) is 0 Å². The third-order valence-corrected chi connectivity index (χ3v) is 1.10. The highest BCUT2D eigenvalue weighted by Gasteiger charge is 2.12. The molecule has 6 nitrogen and oxygen atoms in total. The van der Waals surface area contributed by atoms with Crippen LogP contribution in [0.1, 0.15) is 6.92 Å². The minimum Gasteiger partial charge on any atom is -0.504 e. The number of rotatable bonds is 4. The Bertz CT molecular complexity index is 288. The summed E-state index contributed by atoms with van der Waals surface area (Å²) in [5.74, 6) is -4.30. The van der Waals surface area contributed by atoms with E-state index >= 15 is 0 Å². The molecule has 0 bridgehead atoms. The van der Waals surface area contributed by atoms with Crippen LogP contribution >= 0.6 is 0 Å². The van der Waals surface area contributed by atoms with Crippen LogP contribution in [0.15, 0.2) is 23.7 Å². The van der Waals surface area contributed by atoms with E-state index in [1.165, 1.54) is 6.92 Å². The lowest BCUT2D eigenvalue weighted by molar-refractivity contribution is -0.141. The average Bonchev–Trinajstić information content (AvgIpc) is 2.13. The van der Waals surface area contributed by atoms with Gasteiger partial charge in [-0.25, -0.2) is 9.59 Å². The zero-order valence-corrected chi connectivity index (χ0v) is 7.43. The molecule has 0 unspecified atom stereocenters. The molecule has 0 aliphatic carbocycles. The summed E-state index contributed by atoms with van der Waals surface area (Å²) >= 11 is 0. The van der Waals surface area contributed by atoms with Crippen LogP contribution in [0.3, 0.4) is 0 Å². The molecule has 0 radical (unpaired) electrons. The minimum atomic E-state index is -1.31. The first-order valence-corrected chi connectivity index (χ1v) is 3.69. The monoisotopic (exact) mass is 202 g/mol. The smallest absolute Gasteiger partial charge is 0.377 e. The first-order chi connectivity index (χ1) is 6.49. The summed E-state index contributed by atoms with van der Waals surface area (Å²) in [6.45, 7) is 1.56. The number of allylic oxidation sites excluding steroid dienone is 1. The van der Waals surface area contributed by atoms with Gasteiger partial charge in [-0.15, -0.1) is 0 Å². The molecule has 0 saturated carbocycles. The largest absolute Gasteiger partial charge is 0.504 e. The van der Waals surface area contributed by atoms with E-state index < -0.39 is 23.5 Å². The SMILES string of the molecule is CCOC(=O)/C(O)=C(O)/C=C/C(=O)O. The van der Waals surface area contributed by atoms with Crippen LogP contribution < -0.4 is 0 Å². The predicted molar refractivity (Wildman–Crippen MR) is 45.7 cm³/mol. The molecule has 0 aliphatic heterocycles. The van der Waals surface area contributed by atoms with Gasteiger partial charge in [0.05, 0.1) is 6.61 Å². The standard InChI is InChI=1S/C8H10O6/c1-2-14-8(13)7(12)5(9)3-4-6(10)11/h3-4,9,12H,2H2,1H3,(H,10,11)/b4-3+,7-5+. The van der Waals surface area contributed by atoms with Crippen molar-refractivity contribution in [2.45, 2.75) is 6.92 Å². The number of ether oxygens (including phenoxy) is 1. The number of esters is 1. The highest BCUT2D eigenvalue weighted by atomic mass is 16.5. The lowest BCUT2D eigenvalue weighted by Crippen LogP contribution is -2.09. The molecule has 0 rings (SSSR count). The highest BCUT2D eigenvalue weighted by molar-refractivity contribution is 5.87. The first kappa shape index (κ1) is 12.0. The van der Waals surface area contributed by atoms with Crippen LogP contribution in [-0.4, -0.2) is 33.9 Å². The molecule has 3 N–H and O–H groups in total. The highest BCUT2D eigenvalue weighted by Crippen LogP contribution is 2.01. The second kappa shape index (κ2) is 5.63. The van der Waals surface area contributed by atoms with E-state index in [1.807, 2.05) is 0 Å². The number of carbonyl (C=O) groups is 2. The fourth-order valence-corrected chi connectivity index (χ4v) is 0.533.